The summed E-state index contributed by atoms with van der Waals surface area (Å²) in [6.45, 7) is 8.13. The number of halogens is 1. The lowest BCUT2D eigenvalue weighted by Crippen LogP contribution is -2.36. The van der Waals surface area contributed by atoms with Gasteiger partial charge in [0.2, 0.25) is 0 Å². The molecule has 0 aromatic heterocycles. The molecule has 0 bridgehead atoms. The lowest BCUT2D eigenvalue weighted by atomic mass is 10.1. The number of anilines is 1. The maximum Gasteiger partial charge on any atom is 0.0765 e. The maximum atomic E-state index is 9.90. The third-order valence-electron chi connectivity index (χ3n) is 2.64. The minimum absolute atomic E-state index is 0.605. The number of likely N-dealkylation sites (N-methyl/N-ethyl adjacent to an activating group) is 1. The van der Waals surface area contributed by atoms with Crippen LogP contribution in [0.5, 0.6) is 0 Å². The highest BCUT2D eigenvalue weighted by Gasteiger charge is 2.17. The van der Waals surface area contributed by atoms with Gasteiger partial charge in [0, 0.05) is 30.3 Å². The molecule has 3 nitrogen and oxygen atoms in total. The van der Waals surface area contributed by atoms with Crippen molar-refractivity contribution in [2.75, 3.05) is 25.0 Å². The number of nitrogens with one attached hydrogen (secondary N) is 1. The summed E-state index contributed by atoms with van der Waals surface area (Å²) in [6.07, 6.45) is 0. The Morgan fingerprint density at radius 2 is 2.06 bits per heavy atom. The average molecular weight is 315 g/mol. The summed E-state index contributed by atoms with van der Waals surface area (Å²) in [4.78, 5) is 2.10. The summed E-state index contributed by atoms with van der Waals surface area (Å²) in [5.41, 5.74) is 1.69. The molecule has 4 heteroatoms. The van der Waals surface area contributed by atoms with Crippen molar-refractivity contribution in [1.82, 2.24) is 5.32 Å². The van der Waals surface area contributed by atoms with Gasteiger partial charge in [0.05, 0.1) is 5.60 Å². The predicted molar refractivity (Wildman–Crippen MR) is 81.1 cm³/mol. The molecular weight excluding hydrogens is 292 g/mol. The van der Waals surface area contributed by atoms with Crippen LogP contribution in [0, 0.1) is 0 Å². The molecule has 2 N–H and O–H groups in total. The standard InChI is InChI=1S/C14H23BrN2O/c1-5-16-9-11-8-12(15)6-7-13(11)17(4)10-14(2,3)18/h6-8,16,18H,5,9-10H2,1-4H3. The number of rotatable bonds is 6. The molecule has 1 aromatic carbocycles. The molecule has 18 heavy (non-hydrogen) atoms. The van der Waals surface area contributed by atoms with Crippen LogP contribution in [-0.2, 0) is 6.54 Å². The van der Waals surface area contributed by atoms with Gasteiger partial charge in [0.15, 0.2) is 0 Å². The highest BCUT2D eigenvalue weighted by molar-refractivity contribution is 9.10. The second kappa shape index (κ2) is 6.55. The first kappa shape index (κ1) is 15.5. The summed E-state index contributed by atoms with van der Waals surface area (Å²) in [7, 11) is 2.01. The Bertz CT molecular complexity index is 388. The molecular formula is C14H23BrN2O. The summed E-state index contributed by atoms with van der Waals surface area (Å²) in [5, 5.41) is 13.2. The second-order valence-electron chi connectivity index (χ2n) is 5.22. The minimum Gasteiger partial charge on any atom is -0.389 e. The van der Waals surface area contributed by atoms with Gasteiger partial charge in [-0.1, -0.05) is 22.9 Å². The van der Waals surface area contributed by atoms with Gasteiger partial charge >= 0.3 is 0 Å². The molecule has 0 fully saturated rings. The van der Waals surface area contributed by atoms with Crippen molar-refractivity contribution in [3.63, 3.8) is 0 Å². The Morgan fingerprint density at radius 3 is 2.61 bits per heavy atom. The van der Waals surface area contributed by atoms with Gasteiger partial charge in [-0.05, 0) is 44.2 Å². The van der Waals surface area contributed by atoms with Gasteiger partial charge in [0.25, 0.3) is 0 Å². The molecule has 0 aliphatic heterocycles. The van der Waals surface area contributed by atoms with Crippen LogP contribution in [0.15, 0.2) is 22.7 Å². The third kappa shape index (κ3) is 4.96. The number of hydrogen-bond acceptors (Lipinski definition) is 3. The van der Waals surface area contributed by atoms with Crippen molar-refractivity contribution in [2.45, 2.75) is 32.9 Å². The molecule has 1 rings (SSSR count). The zero-order chi connectivity index (χ0) is 13.8. The van der Waals surface area contributed by atoms with E-state index in [1.165, 1.54) is 5.56 Å². The molecule has 0 aliphatic rings. The molecule has 0 spiro atoms. The van der Waals surface area contributed by atoms with Crippen LogP contribution in [0.1, 0.15) is 26.3 Å². The van der Waals surface area contributed by atoms with Crippen LogP contribution >= 0.6 is 15.9 Å². The smallest absolute Gasteiger partial charge is 0.0765 e. The lowest BCUT2D eigenvalue weighted by Gasteiger charge is -2.29. The molecule has 0 amide bonds. The van der Waals surface area contributed by atoms with Crippen molar-refractivity contribution in [1.29, 1.82) is 0 Å². The van der Waals surface area contributed by atoms with E-state index in [0.29, 0.717) is 6.54 Å². The molecule has 1 aromatic rings. The van der Waals surface area contributed by atoms with E-state index in [4.69, 9.17) is 0 Å². The molecule has 102 valence electrons. The van der Waals surface area contributed by atoms with Crippen LogP contribution < -0.4 is 10.2 Å². The summed E-state index contributed by atoms with van der Waals surface area (Å²) in [6, 6.07) is 6.24. The van der Waals surface area contributed by atoms with Crippen LogP contribution in [0.3, 0.4) is 0 Å². The maximum absolute atomic E-state index is 9.90. The normalized spacial score (nSPS) is 11.7. The van der Waals surface area contributed by atoms with Gasteiger partial charge in [-0.25, -0.2) is 0 Å². The molecule has 0 aliphatic carbocycles. The van der Waals surface area contributed by atoms with Crippen molar-refractivity contribution >= 4 is 21.6 Å². The number of aliphatic hydroxyl groups is 1. The zero-order valence-corrected chi connectivity index (χ0v) is 13.2. The third-order valence-corrected chi connectivity index (χ3v) is 3.14. The van der Waals surface area contributed by atoms with Crippen LogP contribution in [0.25, 0.3) is 0 Å². The fourth-order valence-corrected chi connectivity index (χ4v) is 2.40. The zero-order valence-electron chi connectivity index (χ0n) is 11.6. The number of nitrogens with zero attached hydrogens (tertiary/aromatic N) is 1. The fourth-order valence-electron chi connectivity index (χ4n) is 1.99. The summed E-state index contributed by atoms with van der Waals surface area (Å²) in [5.74, 6) is 0. The van der Waals surface area contributed by atoms with Gasteiger partial charge in [0.1, 0.15) is 0 Å². The van der Waals surface area contributed by atoms with E-state index in [-0.39, 0.29) is 0 Å². The summed E-state index contributed by atoms with van der Waals surface area (Å²) >= 11 is 3.50. The van der Waals surface area contributed by atoms with Gasteiger partial charge in [-0.3, -0.25) is 0 Å². The molecule has 0 atom stereocenters. The topological polar surface area (TPSA) is 35.5 Å². The van der Waals surface area contributed by atoms with Crippen molar-refractivity contribution < 1.29 is 5.11 Å². The number of benzene rings is 1. The van der Waals surface area contributed by atoms with Gasteiger partial charge in [-0.15, -0.1) is 0 Å². The highest BCUT2D eigenvalue weighted by atomic mass is 79.9. The highest BCUT2D eigenvalue weighted by Crippen LogP contribution is 2.25. The SMILES string of the molecule is CCNCc1cc(Br)ccc1N(C)CC(C)(C)O. The van der Waals surface area contributed by atoms with E-state index >= 15 is 0 Å². The Balaban J connectivity index is 2.92. The van der Waals surface area contributed by atoms with Crippen LogP contribution in [0.2, 0.25) is 0 Å². The molecule has 0 radical (unpaired) electrons. The van der Waals surface area contributed by atoms with Crippen LogP contribution in [0.4, 0.5) is 5.69 Å². The van der Waals surface area contributed by atoms with E-state index in [2.05, 4.69) is 45.2 Å². The molecule has 0 unspecified atom stereocenters. The first-order valence-corrected chi connectivity index (χ1v) is 7.05. The second-order valence-corrected chi connectivity index (χ2v) is 6.14. The monoisotopic (exact) mass is 314 g/mol. The van der Waals surface area contributed by atoms with Crippen molar-refractivity contribution in [2.24, 2.45) is 0 Å². The predicted octanol–water partition coefficient (Wildman–Crippen LogP) is 2.77. The van der Waals surface area contributed by atoms with Gasteiger partial charge < -0.3 is 15.3 Å². The molecule has 0 saturated carbocycles. The Labute approximate surface area is 118 Å². The number of hydrogen-bond donors (Lipinski definition) is 2. The first-order valence-electron chi connectivity index (χ1n) is 6.26. The van der Waals surface area contributed by atoms with E-state index in [0.717, 1.165) is 23.2 Å². The van der Waals surface area contributed by atoms with E-state index in [1.54, 1.807) is 0 Å². The van der Waals surface area contributed by atoms with Crippen LogP contribution in [-0.4, -0.2) is 30.8 Å². The minimum atomic E-state index is -0.697. The Kier molecular flexibility index (Phi) is 5.63. The van der Waals surface area contributed by atoms with E-state index in [1.807, 2.05) is 27.0 Å². The Morgan fingerprint density at radius 1 is 1.39 bits per heavy atom. The summed E-state index contributed by atoms with van der Waals surface area (Å²) < 4.78 is 1.08. The van der Waals surface area contributed by atoms with Crippen molar-refractivity contribution in [3.8, 4) is 0 Å². The molecule has 0 saturated heterocycles. The lowest BCUT2D eigenvalue weighted by molar-refractivity contribution is 0.0886. The van der Waals surface area contributed by atoms with Crippen molar-refractivity contribution in [3.05, 3.63) is 28.2 Å². The van der Waals surface area contributed by atoms with E-state index in [9.17, 15) is 5.11 Å². The van der Waals surface area contributed by atoms with E-state index < -0.39 is 5.60 Å². The Hall–Kier alpha value is -0.580. The largest absolute Gasteiger partial charge is 0.389 e. The fraction of sp³-hybridized carbons (Fsp3) is 0.571. The molecule has 0 heterocycles. The first-order chi connectivity index (χ1) is 8.33. The van der Waals surface area contributed by atoms with Gasteiger partial charge in [-0.2, -0.15) is 0 Å². The quantitative estimate of drug-likeness (QED) is 0.847. The average Bonchev–Trinajstić information content (AvgIpc) is 2.23.